The Hall–Kier alpha value is -5.54. The van der Waals surface area contributed by atoms with Gasteiger partial charge in [-0.3, -0.25) is 19.3 Å². The highest BCUT2D eigenvalue weighted by Gasteiger charge is 2.36. The lowest BCUT2D eigenvalue weighted by molar-refractivity contribution is -0.139. The van der Waals surface area contributed by atoms with Gasteiger partial charge < -0.3 is 19.9 Å². The summed E-state index contributed by atoms with van der Waals surface area (Å²) in [5.74, 6) is 1.31. The molecule has 0 spiro atoms. The number of hydrogen-bond acceptors (Lipinski definition) is 7. The van der Waals surface area contributed by atoms with Crippen LogP contribution in [0.5, 0.6) is 5.75 Å². The summed E-state index contributed by atoms with van der Waals surface area (Å²) in [5, 5.41) is 3.70. The normalized spacial score (nSPS) is 17.7. The van der Waals surface area contributed by atoms with Crippen molar-refractivity contribution in [2.24, 2.45) is 0 Å². The Morgan fingerprint density at radius 1 is 0.882 bits per heavy atom. The Balaban J connectivity index is 0.928. The number of nitrogens with one attached hydrogen (secondary N) is 1. The Morgan fingerprint density at radius 3 is 2.39 bits per heavy atom. The van der Waals surface area contributed by atoms with Gasteiger partial charge in [-0.2, -0.15) is 0 Å². The Bertz CT molecular complexity index is 1960. The summed E-state index contributed by atoms with van der Waals surface area (Å²) >= 11 is 0. The smallest absolute Gasteiger partial charge is 0.246 e. The van der Waals surface area contributed by atoms with Crippen LogP contribution < -0.4 is 10.1 Å². The van der Waals surface area contributed by atoms with Crippen molar-refractivity contribution >= 4 is 29.5 Å². The molecule has 0 aliphatic carbocycles. The van der Waals surface area contributed by atoms with E-state index in [1.807, 2.05) is 17.0 Å². The van der Waals surface area contributed by atoms with E-state index in [-0.39, 0.29) is 23.6 Å². The quantitative estimate of drug-likeness (QED) is 0.158. The number of carbonyl (C=O) groups is 3. The first-order valence-electron chi connectivity index (χ1n) is 17.6. The van der Waals surface area contributed by atoms with Crippen LogP contribution in [0.3, 0.4) is 0 Å². The van der Waals surface area contributed by atoms with E-state index in [4.69, 9.17) is 4.74 Å². The number of ketones is 1. The molecule has 1 N–H and O–H groups in total. The zero-order valence-electron chi connectivity index (χ0n) is 29.1. The Morgan fingerprint density at radius 2 is 1.65 bits per heavy atom. The third-order valence-electron chi connectivity index (χ3n) is 10.2. The van der Waals surface area contributed by atoms with Crippen LogP contribution in [0.25, 0.3) is 17.2 Å². The molecule has 51 heavy (non-hydrogen) atoms. The van der Waals surface area contributed by atoms with Crippen molar-refractivity contribution in [2.45, 2.75) is 31.8 Å². The number of ether oxygens (including phenoxy) is 1. The van der Waals surface area contributed by atoms with E-state index in [2.05, 4.69) is 76.7 Å². The van der Waals surface area contributed by atoms with Gasteiger partial charge in [0.15, 0.2) is 5.78 Å². The summed E-state index contributed by atoms with van der Waals surface area (Å²) in [6.45, 7) is 6.18. The second-order valence-corrected chi connectivity index (χ2v) is 13.4. The van der Waals surface area contributed by atoms with Gasteiger partial charge in [-0.05, 0) is 84.2 Å². The molecule has 4 heterocycles. The lowest BCUT2D eigenvalue weighted by atomic mass is 9.85. The van der Waals surface area contributed by atoms with Crippen LogP contribution in [0.15, 0.2) is 109 Å². The van der Waals surface area contributed by atoms with Crippen molar-refractivity contribution in [3.8, 4) is 16.9 Å². The number of fused-ring (bicyclic) bond motifs is 1. The number of anilines is 1. The van der Waals surface area contributed by atoms with Gasteiger partial charge in [0.2, 0.25) is 11.8 Å². The summed E-state index contributed by atoms with van der Waals surface area (Å²) < 4.78 is 5.14. The van der Waals surface area contributed by atoms with Crippen LogP contribution in [0.1, 0.15) is 45.9 Å². The highest BCUT2D eigenvalue weighted by atomic mass is 16.5. The number of piperazine rings is 1. The van der Waals surface area contributed by atoms with Crippen molar-refractivity contribution in [3.63, 3.8) is 0 Å². The molecule has 2 amide bonds. The molecule has 1 unspecified atom stereocenters. The molecule has 3 aliphatic rings. The molecule has 1 atom stereocenters. The van der Waals surface area contributed by atoms with Crippen LogP contribution in [-0.2, 0) is 9.59 Å². The van der Waals surface area contributed by atoms with E-state index in [9.17, 15) is 14.4 Å². The second-order valence-electron chi connectivity index (χ2n) is 13.4. The average molecular weight is 682 g/mol. The monoisotopic (exact) mass is 681 g/mol. The first-order chi connectivity index (χ1) is 24.9. The number of pyridine rings is 1. The molecule has 0 radical (unpaired) electrons. The highest BCUT2D eigenvalue weighted by Crippen LogP contribution is 2.40. The SMILES string of the molecule is COc1ccc(C(=O)/C=C/C(=O)N2CCN(C3CN(C(=O)CCC4=Cc5cccnc5NC4c4ccc(C)cc4-c4ccccc4)C3)CC2)cc1. The van der Waals surface area contributed by atoms with Crippen molar-refractivity contribution in [1.82, 2.24) is 19.7 Å². The summed E-state index contributed by atoms with van der Waals surface area (Å²) in [6, 6.07) is 28.1. The zero-order valence-corrected chi connectivity index (χ0v) is 29.1. The van der Waals surface area contributed by atoms with Gasteiger partial charge in [0.1, 0.15) is 11.6 Å². The van der Waals surface area contributed by atoms with Crippen LogP contribution in [0, 0.1) is 6.92 Å². The van der Waals surface area contributed by atoms with Gasteiger partial charge in [0.05, 0.1) is 13.2 Å². The number of amides is 2. The van der Waals surface area contributed by atoms with Gasteiger partial charge in [0, 0.05) is 75.1 Å². The summed E-state index contributed by atoms with van der Waals surface area (Å²) in [4.78, 5) is 49.5. The second kappa shape index (κ2) is 15.1. The number of nitrogens with zero attached hydrogens (tertiary/aromatic N) is 4. The van der Waals surface area contributed by atoms with E-state index in [0.29, 0.717) is 56.4 Å². The topological polar surface area (TPSA) is 95.1 Å². The minimum absolute atomic E-state index is 0.102. The van der Waals surface area contributed by atoms with E-state index in [1.165, 1.54) is 34.4 Å². The number of likely N-dealkylation sites (tertiary alicyclic amines) is 1. The van der Waals surface area contributed by atoms with E-state index >= 15 is 0 Å². The van der Waals surface area contributed by atoms with Crippen molar-refractivity contribution < 1.29 is 19.1 Å². The summed E-state index contributed by atoms with van der Waals surface area (Å²) in [5.41, 5.74) is 7.41. The van der Waals surface area contributed by atoms with Crippen LogP contribution in [0.2, 0.25) is 0 Å². The van der Waals surface area contributed by atoms with Gasteiger partial charge in [-0.1, -0.05) is 54.1 Å². The molecule has 2 saturated heterocycles. The van der Waals surface area contributed by atoms with Crippen LogP contribution >= 0.6 is 0 Å². The van der Waals surface area contributed by atoms with Gasteiger partial charge in [-0.15, -0.1) is 0 Å². The fourth-order valence-corrected chi connectivity index (χ4v) is 7.16. The number of carbonyl (C=O) groups excluding carboxylic acids is 3. The predicted octanol–water partition coefficient (Wildman–Crippen LogP) is 6.19. The molecule has 2 fully saturated rings. The number of rotatable bonds is 10. The molecular weight excluding hydrogens is 638 g/mol. The number of aryl methyl sites for hydroxylation is 1. The minimum atomic E-state index is -0.218. The molecule has 4 aromatic rings. The third kappa shape index (κ3) is 7.64. The van der Waals surface area contributed by atoms with Crippen molar-refractivity contribution in [3.05, 3.63) is 131 Å². The van der Waals surface area contributed by atoms with Crippen LogP contribution in [0.4, 0.5) is 5.82 Å². The zero-order chi connectivity index (χ0) is 35.3. The molecular formula is C42H43N5O4. The van der Waals surface area contributed by atoms with E-state index in [1.54, 1.807) is 42.5 Å². The minimum Gasteiger partial charge on any atom is -0.497 e. The Labute approximate surface area is 299 Å². The van der Waals surface area contributed by atoms with Gasteiger partial charge >= 0.3 is 0 Å². The molecule has 3 aliphatic heterocycles. The van der Waals surface area contributed by atoms with Gasteiger partial charge in [0.25, 0.3) is 0 Å². The maximum Gasteiger partial charge on any atom is 0.246 e. The van der Waals surface area contributed by atoms with Crippen molar-refractivity contribution in [1.29, 1.82) is 0 Å². The largest absolute Gasteiger partial charge is 0.497 e. The fraction of sp³-hybridized carbons (Fsp3) is 0.286. The number of benzene rings is 3. The standard InChI is InChI=1S/C42H43N5O4/c1-29-10-16-36(37(25-29)30-7-4-3-5-8-30)41-32(26-33-9-6-20-43-42(33)44-41)13-18-40(50)47-27-34(28-47)45-21-23-46(24-22-45)39(49)19-17-38(48)31-11-14-35(51-2)15-12-31/h3-12,14-17,19-20,25-26,34,41H,13,18,21-24,27-28H2,1-2H3,(H,43,44)/b19-17+. The maximum absolute atomic E-state index is 13.5. The number of methoxy groups -OCH3 is 1. The molecule has 3 aromatic carbocycles. The fourth-order valence-electron chi connectivity index (χ4n) is 7.16. The molecule has 0 saturated carbocycles. The molecule has 1 aromatic heterocycles. The maximum atomic E-state index is 13.5. The lowest BCUT2D eigenvalue weighted by Crippen LogP contribution is -2.64. The lowest BCUT2D eigenvalue weighted by Gasteiger charge is -2.48. The summed E-state index contributed by atoms with van der Waals surface area (Å²) in [6.07, 6.45) is 7.79. The van der Waals surface area contributed by atoms with Crippen molar-refractivity contribution in [2.75, 3.05) is 51.7 Å². The predicted molar refractivity (Wildman–Crippen MR) is 199 cm³/mol. The molecule has 9 heteroatoms. The summed E-state index contributed by atoms with van der Waals surface area (Å²) in [7, 11) is 1.57. The number of aromatic nitrogens is 1. The van der Waals surface area contributed by atoms with Gasteiger partial charge in [-0.25, -0.2) is 4.98 Å². The number of hydrogen-bond donors (Lipinski definition) is 1. The molecule has 7 rings (SSSR count). The first kappa shape index (κ1) is 33.9. The van der Waals surface area contributed by atoms with Crippen LogP contribution in [-0.4, -0.2) is 89.7 Å². The number of allylic oxidation sites excluding steroid dienone is 1. The highest BCUT2D eigenvalue weighted by molar-refractivity contribution is 6.07. The third-order valence-corrected chi connectivity index (χ3v) is 10.2. The first-order valence-corrected chi connectivity index (χ1v) is 17.6. The molecule has 9 nitrogen and oxygen atoms in total. The average Bonchev–Trinajstić information content (AvgIpc) is 3.15. The van der Waals surface area contributed by atoms with E-state index < -0.39 is 0 Å². The van der Waals surface area contributed by atoms with E-state index in [0.717, 1.165) is 30.0 Å². The molecule has 0 bridgehead atoms. The molecule has 260 valence electrons. The Kier molecular flexibility index (Phi) is 10.1.